The van der Waals surface area contributed by atoms with E-state index in [0.29, 0.717) is 16.8 Å². The summed E-state index contributed by atoms with van der Waals surface area (Å²) in [4.78, 5) is 0. The standard InChI is InChI=1S/C41H26N4/c1-41(2)33-15-7-3-11-26(33)30-21-31-29-14-6-8-16-35(29)44(39(31)22-34(30)41)38-20-19-25(23-42)40(32(38)24-43)45-36-17-9-4-12-27(36)28-13-5-10-18-37(28)45/h3-22H,1-2H3. The van der Waals surface area contributed by atoms with E-state index in [0.717, 1.165) is 49.3 Å². The quantitative estimate of drug-likeness (QED) is 0.206. The Hall–Kier alpha value is -6.10. The Balaban J connectivity index is 1.42. The molecule has 0 N–H and O–H groups in total. The molecule has 2 heterocycles. The van der Waals surface area contributed by atoms with Gasteiger partial charge in [-0.1, -0.05) is 92.7 Å². The predicted octanol–water partition coefficient (Wildman–Crippen LogP) is 9.93. The second kappa shape index (κ2) is 8.96. The number of fused-ring (bicyclic) bond motifs is 9. The maximum absolute atomic E-state index is 11.0. The molecule has 45 heavy (non-hydrogen) atoms. The van der Waals surface area contributed by atoms with Gasteiger partial charge in [-0.2, -0.15) is 10.5 Å². The Morgan fingerprint density at radius 2 is 1.09 bits per heavy atom. The lowest BCUT2D eigenvalue weighted by Crippen LogP contribution is -2.15. The fraction of sp³-hybridized carbons (Fsp3) is 0.0732. The third kappa shape index (κ3) is 3.23. The molecule has 0 radical (unpaired) electrons. The molecule has 0 fully saturated rings. The summed E-state index contributed by atoms with van der Waals surface area (Å²) in [5, 5.41) is 25.8. The van der Waals surface area contributed by atoms with E-state index < -0.39 is 0 Å². The van der Waals surface area contributed by atoms with Crippen LogP contribution in [0.4, 0.5) is 0 Å². The van der Waals surface area contributed by atoms with Crippen molar-refractivity contribution in [3.05, 3.63) is 144 Å². The number of nitriles is 2. The number of hydrogen-bond acceptors (Lipinski definition) is 2. The number of para-hydroxylation sites is 3. The van der Waals surface area contributed by atoms with Gasteiger partial charge in [-0.3, -0.25) is 0 Å². The zero-order chi connectivity index (χ0) is 30.4. The summed E-state index contributed by atoms with van der Waals surface area (Å²) in [7, 11) is 0. The summed E-state index contributed by atoms with van der Waals surface area (Å²) in [6.07, 6.45) is 0. The highest BCUT2D eigenvalue weighted by atomic mass is 15.0. The van der Waals surface area contributed by atoms with Gasteiger partial charge in [0, 0.05) is 27.0 Å². The number of aromatic nitrogens is 2. The van der Waals surface area contributed by atoms with Crippen molar-refractivity contribution in [1.82, 2.24) is 9.13 Å². The summed E-state index contributed by atoms with van der Waals surface area (Å²) in [6, 6.07) is 46.9. The zero-order valence-electron chi connectivity index (χ0n) is 24.8. The van der Waals surface area contributed by atoms with E-state index in [1.165, 1.54) is 22.3 Å². The molecule has 4 heteroatoms. The Labute approximate surface area is 260 Å². The van der Waals surface area contributed by atoms with Gasteiger partial charge in [0.1, 0.15) is 17.7 Å². The Bertz CT molecular complexity index is 2600. The minimum absolute atomic E-state index is 0.168. The van der Waals surface area contributed by atoms with Gasteiger partial charge in [0.2, 0.25) is 0 Å². The summed E-state index contributed by atoms with van der Waals surface area (Å²) in [5.74, 6) is 0. The van der Waals surface area contributed by atoms with Crippen LogP contribution in [0.15, 0.2) is 121 Å². The monoisotopic (exact) mass is 574 g/mol. The maximum Gasteiger partial charge on any atom is 0.104 e. The average Bonchev–Trinajstić information content (AvgIpc) is 3.66. The molecule has 2 aromatic heterocycles. The van der Waals surface area contributed by atoms with Crippen LogP contribution < -0.4 is 0 Å². The lowest BCUT2D eigenvalue weighted by Gasteiger charge is -2.22. The van der Waals surface area contributed by atoms with Gasteiger partial charge >= 0.3 is 0 Å². The molecule has 0 spiro atoms. The number of benzene rings is 6. The van der Waals surface area contributed by atoms with E-state index in [1.807, 2.05) is 42.5 Å². The molecule has 0 saturated carbocycles. The van der Waals surface area contributed by atoms with Crippen LogP contribution in [-0.4, -0.2) is 9.13 Å². The number of hydrogen-bond donors (Lipinski definition) is 0. The second-order valence-electron chi connectivity index (χ2n) is 12.4. The van der Waals surface area contributed by atoms with Gasteiger partial charge in [0.25, 0.3) is 0 Å². The van der Waals surface area contributed by atoms with E-state index in [2.05, 4.69) is 114 Å². The van der Waals surface area contributed by atoms with Crippen LogP contribution in [0.3, 0.4) is 0 Å². The van der Waals surface area contributed by atoms with E-state index in [4.69, 9.17) is 0 Å². The van der Waals surface area contributed by atoms with Gasteiger partial charge in [-0.25, -0.2) is 0 Å². The smallest absolute Gasteiger partial charge is 0.104 e. The predicted molar refractivity (Wildman–Crippen MR) is 182 cm³/mol. The third-order valence-electron chi connectivity index (χ3n) is 9.81. The normalized spacial score (nSPS) is 13.2. The minimum atomic E-state index is -0.168. The highest BCUT2D eigenvalue weighted by Crippen LogP contribution is 2.51. The van der Waals surface area contributed by atoms with Crippen molar-refractivity contribution < 1.29 is 0 Å². The van der Waals surface area contributed by atoms with Crippen LogP contribution in [-0.2, 0) is 5.41 Å². The zero-order valence-corrected chi connectivity index (χ0v) is 24.8. The van der Waals surface area contributed by atoms with E-state index >= 15 is 0 Å². The Kier molecular flexibility index (Phi) is 5.06. The van der Waals surface area contributed by atoms with Crippen LogP contribution >= 0.6 is 0 Å². The van der Waals surface area contributed by atoms with E-state index in [9.17, 15) is 10.5 Å². The molecule has 0 aliphatic heterocycles. The molecular weight excluding hydrogens is 548 g/mol. The fourth-order valence-corrected chi connectivity index (χ4v) is 7.79. The van der Waals surface area contributed by atoms with Gasteiger partial charge < -0.3 is 9.13 Å². The summed E-state index contributed by atoms with van der Waals surface area (Å²) >= 11 is 0. The van der Waals surface area contributed by atoms with Gasteiger partial charge in [0.05, 0.1) is 39.0 Å². The molecule has 0 unspecified atom stereocenters. The molecule has 0 atom stereocenters. The SMILES string of the molecule is CC1(C)c2ccccc2-c2cc3c4ccccc4n(-c4ccc(C#N)c(-n5c6ccccc6c6ccccc65)c4C#N)c3cc21. The molecule has 0 amide bonds. The van der Waals surface area contributed by atoms with Crippen LogP contribution in [0, 0.1) is 22.7 Å². The molecule has 8 aromatic rings. The number of rotatable bonds is 2. The molecule has 210 valence electrons. The maximum atomic E-state index is 11.0. The first-order valence-electron chi connectivity index (χ1n) is 15.2. The largest absolute Gasteiger partial charge is 0.308 e. The van der Waals surface area contributed by atoms with Gasteiger partial charge in [-0.05, 0) is 64.7 Å². The molecule has 0 bridgehead atoms. The molecule has 4 nitrogen and oxygen atoms in total. The van der Waals surface area contributed by atoms with Crippen LogP contribution in [0.2, 0.25) is 0 Å². The van der Waals surface area contributed by atoms with E-state index in [1.54, 1.807) is 0 Å². The van der Waals surface area contributed by atoms with Gasteiger partial charge in [-0.15, -0.1) is 0 Å². The molecule has 9 rings (SSSR count). The molecule has 1 aliphatic carbocycles. The highest BCUT2D eigenvalue weighted by molar-refractivity contribution is 6.12. The second-order valence-corrected chi connectivity index (χ2v) is 12.4. The van der Waals surface area contributed by atoms with Crippen molar-refractivity contribution in [2.24, 2.45) is 0 Å². The lowest BCUT2D eigenvalue weighted by atomic mass is 9.82. The molecule has 1 aliphatic rings. The Morgan fingerprint density at radius 3 is 1.73 bits per heavy atom. The van der Waals surface area contributed by atoms with Crippen molar-refractivity contribution in [2.45, 2.75) is 19.3 Å². The number of nitrogens with zero attached hydrogens (tertiary/aromatic N) is 4. The van der Waals surface area contributed by atoms with E-state index in [-0.39, 0.29) is 5.41 Å². The topological polar surface area (TPSA) is 57.4 Å². The first-order valence-corrected chi connectivity index (χ1v) is 15.2. The summed E-state index contributed by atoms with van der Waals surface area (Å²) in [5.41, 5.74) is 11.3. The van der Waals surface area contributed by atoms with Crippen molar-refractivity contribution >= 4 is 43.6 Å². The van der Waals surface area contributed by atoms with Gasteiger partial charge in [0.15, 0.2) is 0 Å². The average molecular weight is 575 g/mol. The van der Waals surface area contributed by atoms with Crippen LogP contribution in [0.1, 0.15) is 36.1 Å². The summed E-state index contributed by atoms with van der Waals surface area (Å²) < 4.78 is 4.32. The molecule has 0 saturated heterocycles. The third-order valence-corrected chi connectivity index (χ3v) is 9.81. The van der Waals surface area contributed by atoms with Crippen LogP contribution in [0.5, 0.6) is 0 Å². The van der Waals surface area contributed by atoms with Crippen LogP contribution in [0.25, 0.3) is 66.1 Å². The molecule has 6 aromatic carbocycles. The summed E-state index contributed by atoms with van der Waals surface area (Å²) in [6.45, 7) is 4.58. The van der Waals surface area contributed by atoms with Crippen molar-refractivity contribution in [3.8, 4) is 34.6 Å². The van der Waals surface area contributed by atoms with Crippen molar-refractivity contribution in [2.75, 3.05) is 0 Å². The van der Waals surface area contributed by atoms with Crippen molar-refractivity contribution in [3.63, 3.8) is 0 Å². The fourth-order valence-electron chi connectivity index (χ4n) is 7.79. The first-order chi connectivity index (χ1) is 22.0. The highest BCUT2D eigenvalue weighted by Gasteiger charge is 2.36. The first kappa shape index (κ1) is 25.4. The van der Waals surface area contributed by atoms with Crippen molar-refractivity contribution in [1.29, 1.82) is 10.5 Å². The minimum Gasteiger partial charge on any atom is -0.308 e. The lowest BCUT2D eigenvalue weighted by molar-refractivity contribution is 0.661. The Morgan fingerprint density at radius 1 is 0.511 bits per heavy atom. The molecular formula is C41H26N4.